The fraction of sp³-hybridized carbons (Fsp3) is 0.0714. The van der Waals surface area contributed by atoms with E-state index in [1.54, 1.807) is 0 Å². The summed E-state index contributed by atoms with van der Waals surface area (Å²) in [6.45, 7) is 2.04. The van der Waals surface area contributed by atoms with E-state index in [1.807, 2.05) is 49.4 Å². The molecular weight excluding hydrogens is 342 g/mol. The maximum atomic E-state index is 12.0. The van der Waals surface area contributed by atoms with Crippen molar-refractivity contribution in [3.8, 4) is 0 Å². The average molecular weight is 354 g/mol. The third kappa shape index (κ3) is 3.83. The van der Waals surface area contributed by atoms with Gasteiger partial charge >= 0.3 is 113 Å². The molecular formula is C14H12OSe2. The van der Waals surface area contributed by atoms with Crippen molar-refractivity contribution in [2.24, 2.45) is 0 Å². The monoisotopic (exact) mass is 356 g/mol. The summed E-state index contributed by atoms with van der Waals surface area (Å²) < 4.78 is 1.61. The van der Waals surface area contributed by atoms with Gasteiger partial charge in [0.05, 0.1) is 0 Å². The van der Waals surface area contributed by atoms with Crippen LogP contribution in [0.1, 0.15) is 15.9 Å². The van der Waals surface area contributed by atoms with Gasteiger partial charge in [0.25, 0.3) is 0 Å². The average Bonchev–Trinajstić information content (AvgIpc) is 2.38. The summed E-state index contributed by atoms with van der Waals surface area (Å²) in [5.74, 6) is 0. The zero-order chi connectivity index (χ0) is 12.1. The Bertz CT molecular complexity index is 491. The van der Waals surface area contributed by atoms with Crippen molar-refractivity contribution in [3.05, 3.63) is 65.7 Å². The van der Waals surface area contributed by atoms with E-state index in [0.717, 1.165) is 5.56 Å². The van der Waals surface area contributed by atoms with Crippen LogP contribution >= 0.6 is 0 Å². The molecule has 0 atom stereocenters. The van der Waals surface area contributed by atoms with Crippen LogP contribution < -0.4 is 4.46 Å². The summed E-state index contributed by atoms with van der Waals surface area (Å²) in [4.78, 5) is 12.0. The Hall–Kier alpha value is -0.851. The van der Waals surface area contributed by atoms with Gasteiger partial charge in [0.1, 0.15) is 0 Å². The van der Waals surface area contributed by atoms with Crippen LogP contribution in [-0.2, 0) is 0 Å². The first-order chi connectivity index (χ1) is 8.25. The Morgan fingerprint density at radius 1 is 0.941 bits per heavy atom. The van der Waals surface area contributed by atoms with Crippen LogP contribution in [0.15, 0.2) is 54.6 Å². The van der Waals surface area contributed by atoms with E-state index >= 15 is 0 Å². The number of benzene rings is 2. The van der Waals surface area contributed by atoms with E-state index in [-0.39, 0.29) is 13.1 Å². The van der Waals surface area contributed by atoms with E-state index in [0.29, 0.717) is 17.8 Å². The summed E-state index contributed by atoms with van der Waals surface area (Å²) in [6.07, 6.45) is 0. The maximum absolute atomic E-state index is 12.0. The van der Waals surface area contributed by atoms with Gasteiger partial charge in [-0.2, -0.15) is 0 Å². The van der Waals surface area contributed by atoms with Crippen LogP contribution in [0.2, 0.25) is 0 Å². The zero-order valence-corrected chi connectivity index (χ0v) is 12.8. The third-order valence-corrected chi connectivity index (χ3v) is 8.86. The quantitative estimate of drug-likeness (QED) is 0.766. The molecule has 0 unspecified atom stereocenters. The SMILES string of the molecule is Cc1ccc(C(=O)[Se][Se]c2ccccc2)cc1. The van der Waals surface area contributed by atoms with Crippen molar-refractivity contribution in [1.82, 2.24) is 0 Å². The van der Waals surface area contributed by atoms with E-state index < -0.39 is 0 Å². The Morgan fingerprint density at radius 3 is 2.24 bits per heavy atom. The third-order valence-electron chi connectivity index (χ3n) is 2.24. The standard InChI is InChI=1S/C14H12OSe2/c1-11-7-9-12(10-8-11)14(15)17-16-13-5-3-2-4-6-13/h2-10H,1H3. The van der Waals surface area contributed by atoms with Gasteiger partial charge in [0.2, 0.25) is 0 Å². The first-order valence-corrected chi connectivity index (χ1v) is 11.3. The molecule has 0 fully saturated rings. The van der Waals surface area contributed by atoms with Crippen molar-refractivity contribution < 1.29 is 4.79 Å². The molecule has 0 saturated heterocycles. The fourth-order valence-corrected chi connectivity index (χ4v) is 6.85. The van der Waals surface area contributed by atoms with Gasteiger partial charge in [-0.15, -0.1) is 0 Å². The summed E-state index contributed by atoms with van der Waals surface area (Å²) in [6, 6.07) is 18.1. The topological polar surface area (TPSA) is 17.1 Å². The summed E-state index contributed by atoms with van der Waals surface area (Å²) in [5.41, 5.74) is 2.05. The molecule has 86 valence electrons. The molecule has 0 spiro atoms. The van der Waals surface area contributed by atoms with E-state index in [4.69, 9.17) is 0 Å². The van der Waals surface area contributed by atoms with Crippen molar-refractivity contribution in [3.63, 3.8) is 0 Å². The normalized spacial score (nSPS) is 10.2. The number of carbonyl (C=O) groups is 1. The van der Waals surface area contributed by atoms with Gasteiger partial charge in [-0.1, -0.05) is 0 Å². The van der Waals surface area contributed by atoms with Crippen molar-refractivity contribution in [2.45, 2.75) is 6.92 Å². The second-order valence-electron chi connectivity index (χ2n) is 3.63. The Labute approximate surface area is 112 Å². The van der Waals surface area contributed by atoms with Crippen molar-refractivity contribution in [2.75, 3.05) is 0 Å². The molecule has 2 aromatic rings. The molecule has 1 nitrogen and oxygen atoms in total. The number of hydrogen-bond acceptors (Lipinski definition) is 1. The van der Waals surface area contributed by atoms with Crippen LogP contribution in [0.5, 0.6) is 0 Å². The Kier molecular flexibility index (Phi) is 4.58. The predicted octanol–water partition coefficient (Wildman–Crippen LogP) is 1.78. The summed E-state index contributed by atoms with van der Waals surface area (Å²) in [7, 11) is 0. The molecule has 0 saturated carbocycles. The van der Waals surface area contributed by atoms with Gasteiger partial charge in [0, 0.05) is 0 Å². The van der Waals surface area contributed by atoms with Gasteiger partial charge < -0.3 is 0 Å². The van der Waals surface area contributed by atoms with Crippen molar-refractivity contribution in [1.29, 1.82) is 0 Å². The Balaban J connectivity index is 1.96. The summed E-state index contributed by atoms with van der Waals surface area (Å²) in [5, 5.41) is 0. The molecule has 0 N–H and O–H groups in total. The van der Waals surface area contributed by atoms with Crippen LogP contribution in [0.4, 0.5) is 0 Å². The number of rotatable bonds is 4. The molecule has 2 rings (SSSR count). The van der Waals surface area contributed by atoms with Gasteiger partial charge in [0.15, 0.2) is 0 Å². The second kappa shape index (κ2) is 6.18. The van der Waals surface area contributed by atoms with E-state index in [2.05, 4.69) is 12.1 Å². The first kappa shape index (κ1) is 12.6. The summed E-state index contributed by atoms with van der Waals surface area (Å²) >= 11 is 0.361. The molecule has 17 heavy (non-hydrogen) atoms. The van der Waals surface area contributed by atoms with Crippen LogP contribution in [0, 0.1) is 6.92 Å². The number of aryl methyl sites for hydroxylation is 1. The molecule has 0 radical (unpaired) electrons. The fourth-order valence-electron chi connectivity index (χ4n) is 1.30. The van der Waals surface area contributed by atoms with Gasteiger partial charge in [-0.05, 0) is 0 Å². The van der Waals surface area contributed by atoms with E-state index in [1.165, 1.54) is 10.0 Å². The molecule has 0 heterocycles. The molecule has 0 aromatic heterocycles. The first-order valence-electron chi connectivity index (χ1n) is 5.26. The molecule has 0 aliphatic heterocycles. The molecule has 2 aromatic carbocycles. The molecule has 3 heteroatoms. The second-order valence-corrected chi connectivity index (χ2v) is 9.73. The molecule has 0 bridgehead atoms. The minimum absolute atomic E-state index is 0.0591. The van der Waals surface area contributed by atoms with Crippen molar-refractivity contribution >= 4 is 35.4 Å². The zero-order valence-electron chi connectivity index (χ0n) is 9.42. The Morgan fingerprint density at radius 2 is 1.59 bits per heavy atom. The number of carbonyl (C=O) groups excluding carboxylic acids is 1. The van der Waals surface area contributed by atoms with Crippen LogP contribution in [0.3, 0.4) is 0 Å². The predicted molar refractivity (Wildman–Crippen MR) is 73.1 cm³/mol. The number of hydrogen-bond donors (Lipinski definition) is 0. The van der Waals surface area contributed by atoms with Gasteiger partial charge in [-0.25, -0.2) is 0 Å². The molecule has 0 aliphatic carbocycles. The molecule has 0 aliphatic rings. The van der Waals surface area contributed by atoms with Crippen LogP contribution in [-0.4, -0.2) is 30.9 Å². The van der Waals surface area contributed by atoms with E-state index in [9.17, 15) is 4.79 Å². The minimum atomic E-state index is 0.0591. The molecule has 0 amide bonds. The van der Waals surface area contributed by atoms with Crippen LogP contribution in [0.25, 0.3) is 0 Å². The van der Waals surface area contributed by atoms with Gasteiger partial charge in [-0.3, -0.25) is 0 Å².